The van der Waals surface area contributed by atoms with Crippen LogP contribution < -0.4 is 10.1 Å². The van der Waals surface area contributed by atoms with Crippen LogP contribution in [0.4, 0.5) is 0 Å². The lowest BCUT2D eigenvalue weighted by Gasteiger charge is -2.34. The summed E-state index contributed by atoms with van der Waals surface area (Å²) >= 11 is 5.54. The van der Waals surface area contributed by atoms with Crippen LogP contribution in [0.15, 0.2) is 83.7 Å². The molecule has 0 aromatic heterocycles. The van der Waals surface area contributed by atoms with Crippen LogP contribution in [0.3, 0.4) is 0 Å². The number of Topliss-reactive ketones (excluding diaryl/α,β-unsaturated/α-hetero) is 1. The molecule has 0 radical (unpaired) electrons. The molecule has 1 aromatic rings. The highest BCUT2D eigenvalue weighted by molar-refractivity contribution is 7.80. The van der Waals surface area contributed by atoms with E-state index in [9.17, 15) is 9.59 Å². The van der Waals surface area contributed by atoms with Gasteiger partial charge in [-0.25, -0.2) is 0 Å². The van der Waals surface area contributed by atoms with Crippen LogP contribution in [0, 0.1) is 11.3 Å². The van der Waals surface area contributed by atoms with Gasteiger partial charge in [-0.15, -0.1) is 0 Å². The van der Waals surface area contributed by atoms with E-state index in [0.717, 1.165) is 40.7 Å². The Morgan fingerprint density at radius 1 is 1.26 bits per heavy atom. The number of carbonyl (C=O) groups excluding carboxylic acids is 2. The van der Waals surface area contributed by atoms with E-state index in [2.05, 4.69) is 31.1 Å². The molecule has 0 fully saturated rings. The second kappa shape index (κ2) is 12.5. The van der Waals surface area contributed by atoms with E-state index in [1.54, 1.807) is 6.08 Å². The Hall–Kier alpha value is -3.53. The quantitative estimate of drug-likeness (QED) is 0.149. The molecule has 2 aliphatic rings. The van der Waals surface area contributed by atoms with E-state index >= 15 is 0 Å². The maximum absolute atomic E-state index is 13.7. The molecule has 1 aliphatic heterocycles. The molecule has 0 saturated carbocycles. The highest BCUT2D eigenvalue weighted by atomic mass is 32.1. The molecule has 1 N–H and O–H groups in total. The predicted molar refractivity (Wildman–Crippen MR) is 165 cm³/mol. The van der Waals surface area contributed by atoms with Crippen molar-refractivity contribution in [3.8, 4) is 5.75 Å². The van der Waals surface area contributed by atoms with Crippen molar-refractivity contribution >= 4 is 40.0 Å². The summed E-state index contributed by atoms with van der Waals surface area (Å²) < 4.78 is 5.95. The van der Waals surface area contributed by atoms with Gasteiger partial charge in [0.2, 0.25) is 0 Å². The number of hydrogen-bond donors (Lipinski definition) is 1. The Morgan fingerprint density at radius 2 is 1.97 bits per heavy atom. The maximum Gasteiger partial charge on any atom is 0.256 e. The fourth-order valence-corrected chi connectivity index (χ4v) is 5.30. The number of carbonyl (C=O) groups is 2. The summed E-state index contributed by atoms with van der Waals surface area (Å²) in [6.45, 7) is 20.2. The van der Waals surface area contributed by atoms with Gasteiger partial charge in [0, 0.05) is 21.4 Å². The number of nitrogens with one attached hydrogen (secondary N) is 1. The van der Waals surface area contributed by atoms with Gasteiger partial charge in [0.25, 0.3) is 5.91 Å². The minimum absolute atomic E-state index is 0.0933. The summed E-state index contributed by atoms with van der Waals surface area (Å²) in [5.74, 6) is 0.162. The van der Waals surface area contributed by atoms with E-state index in [1.165, 1.54) is 0 Å². The third-order valence-electron chi connectivity index (χ3n) is 7.30. The number of allylic oxidation sites excluding steroid dienone is 7. The molecule has 1 aliphatic carbocycles. The van der Waals surface area contributed by atoms with Crippen molar-refractivity contribution in [3.63, 3.8) is 0 Å². The minimum Gasteiger partial charge on any atom is -0.493 e. The van der Waals surface area contributed by atoms with Crippen molar-refractivity contribution in [3.05, 3.63) is 94.8 Å². The Balaban J connectivity index is 2.20. The molecule has 1 amide bonds. The number of benzene rings is 1. The standard InChI is InChI=1S/C34H39NO3S/c1-9-13-21(4)18-25-14-12-15-28(35-33(37)31(25)22(5)10-2)26-19-24(16-17-29(26)38-11-3)27-20-30(39)23(6)32(36)34(27,7)8/h10,12,14,16-17,19-20,23H,2,4,9,11,13,18H2,1,3,5-8H3,(H,35,37). The lowest BCUT2D eigenvalue weighted by Crippen LogP contribution is -2.38. The lowest BCUT2D eigenvalue weighted by atomic mass is 9.68. The van der Waals surface area contributed by atoms with Crippen molar-refractivity contribution in [1.29, 1.82) is 0 Å². The molecular formula is C34H39NO3S. The van der Waals surface area contributed by atoms with Crippen LogP contribution in [0.2, 0.25) is 0 Å². The second-order valence-corrected chi connectivity index (χ2v) is 11.1. The maximum atomic E-state index is 13.7. The van der Waals surface area contributed by atoms with Gasteiger partial charge in [0.15, 0.2) is 5.78 Å². The fourth-order valence-electron chi connectivity index (χ4n) is 5.07. The van der Waals surface area contributed by atoms with Gasteiger partial charge in [-0.3, -0.25) is 9.59 Å². The monoisotopic (exact) mass is 541 g/mol. The van der Waals surface area contributed by atoms with E-state index in [1.807, 2.05) is 71.0 Å². The normalized spacial score (nSPS) is 20.2. The number of hydrogen-bond acceptors (Lipinski definition) is 4. The van der Waals surface area contributed by atoms with E-state index < -0.39 is 5.41 Å². The van der Waals surface area contributed by atoms with Gasteiger partial charge in [0.05, 0.1) is 18.2 Å². The summed E-state index contributed by atoms with van der Waals surface area (Å²) in [6.07, 6.45) is 9.88. The van der Waals surface area contributed by atoms with Crippen LogP contribution in [0.5, 0.6) is 5.75 Å². The smallest absolute Gasteiger partial charge is 0.256 e. The highest BCUT2D eigenvalue weighted by Gasteiger charge is 2.40. The number of amides is 1. The first kappa shape index (κ1) is 30.0. The van der Waals surface area contributed by atoms with Crippen molar-refractivity contribution < 1.29 is 14.3 Å². The first-order valence-corrected chi connectivity index (χ1v) is 13.9. The van der Waals surface area contributed by atoms with E-state index in [4.69, 9.17) is 17.0 Å². The molecule has 1 atom stereocenters. The molecule has 204 valence electrons. The summed E-state index contributed by atoms with van der Waals surface area (Å²) in [7, 11) is 0. The summed E-state index contributed by atoms with van der Waals surface area (Å²) in [5.41, 5.74) is 8.72. The van der Waals surface area contributed by atoms with Gasteiger partial charge in [-0.2, -0.15) is 0 Å². The average molecular weight is 542 g/mol. The van der Waals surface area contributed by atoms with Crippen molar-refractivity contribution in [2.45, 2.75) is 60.8 Å². The van der Waals surface area contributed by atoms with Crippen LogP contribution in [-0.4, -0.2) is 23.2 Å². The molecule has 39 heavy (non-hydrogen) atoms. The van der Waals surface area contributed by atoms with Crippen molar-refractivity contribution in [2.75, 3.05) is 6.61 Å². The fraction of sp³-hybridized carbons (Fsp3) is 0.353. The Bertz CT molecular complexity index is 1390. The number of ether oxygens (including phenoxy) is 1. The first-order valence-electron chi connectivity index (χ1n) is 13.5. The molecule has 0 bridgehead atoms. The summed E-state index contributed by atoms with van der Waals surface area (Å²) in [6, 6.07) is 5.76. The zero-order valence-corrected chi connectivity index (χ0v) is 24.8. The molecule has 4 nitrogen and oxygen atoms in total. The Morgan fingerprint density at radius 3 is 2.62 bits per heavy atom. The molecule has 0 spiro atoms. The number of ketones is 1. The number of thiocarbonyl (C=S) groups is 1. The third-order valence-corrected chi connectivity index (χ3v) is 7.77. The molecule has 1 heterocycles. The SMILES string of the molecule is C=CC(C)=C1C(=O)NC(c2cc(C3=CC(=S)C(C)C(=O)C3(C)C)ccc2OCC)=C=CC=C1CC(=C)CCC. The van der Waals surface area contributed by atoms with Crippen molar-refractivity contribution in [1.82, 2.24) is 5.32 Å². The van der Waals surface area contributed by atoms with Crippen LogP contribution in [-0.2, 0) is 9.59 Å². The Labute approximate surface area is 238 Å². The molecule has 1 aromatic carbocycles. The molecule has 1 unspecified atom stereocenters. The number of rotatable bonds is 9. The van der Waals surface area contributed by atoms with Gasteiger partial charge < -0.3 is 10.1 Å². The summed E-state index contributed by atoms with van der Waals surface area (Å²) in [4.78, 5) is 27.5. The molecular weight excluding hydrogens is 502 g/mol. The van der Waals surface area contributed by atoms with Gasteiger partial charge in [0.1, 0.15) is 5.75 Å². The van der Waals surface area contributed by atoms with Crippen molar-refractivity contribution in [2.24, 2.45) is 11.3 Å². The first-order chi connectivity index (χ1) is 18.5. The van der Waals surface area contributed by atoms with Crippen LogP contribution >= 0.6 is 12.2 Å². The topological polar surface area (TPSA) is 55.4 Å². The molecule has 5 heteroatoms. The van der Waals surface area contributed by atoms with Crippen LogP contribution in [0.1, 0.15) is 71.9 Å². The van der Waals surface area contributed by atoms with Gasteiger partial charge in [-0.05, 0) is 87.1 Å². The van der Waals surface area contributed by atoms with Gasteiger partial charge >= 0.3 is 0 Å². The molecule has 0 saturated heterocycles. The second-order valence-electron chi connectivity index (χ2n) is 10.6. The zero-order valence-electron chi connectivity index (χ0n) is 24.0. The highest BCUT2D eigenvalue weighted by Crippen LogP contribution is 2.43. The van der Waals surface area contributed by atoms with Gasteiger partial charge in [-0.1, -0.05) is 75.2 Å². The average Bonchev–Trinajstić information content (AvgIpc) is 2.88. The predicted octanol–water partition coefficient (Wildman–Crippen LogP) is 7.88. The lowest BCUT2D eigenvalue weighted by molar-refractivity contribution is -0.126. The third kappa shape index (κ3) is 6.38. The molecule has 3 rings (SSSR count). The van der Waals surface area contributed by atoms with Crippen LogP contribution in [0.25, 0.3) is 11.3 Å². The van der Waals surface area contributed by atoms with E-state index in [0.29, 0.717) is 40.5 Å². The van der Waals surface area contributed by atoms with E-state index in [-0.39, 0.29) is 17.6 Å². The minimum atomic E-state index is -0.712. The summed E-state index contributed by atoms with van der Waals surface area (Å²) in [5, 5.41) is 3.08. The zero-order chi connectivity index (χ0) is 28.9. The largest absolute Gasteiger partial charge is 0.493 e. The Kier molecular flexibility index (Phi) is 9.66.